The second-order valence-corrected chi connectivity index (χ2v) is 3.60. The molecule has 0 fully saturated rings. The van der Waals surface area contributed by atoms with Gasteiger partial charge in [0.05, 0.1) is 5.69 Å². The Morgan fingerprint density at radius 2 is 1.73 bits per heavy atom. The predicted molar refractivity (Wildman–Crippen MR) is 49.6 cm³/mol. The highest BCUT2D eigenvalue weighted by atomic mass is 79.9. The first-order valence-electron chi connectivity index (χ1n) is 2.76. The van der Waals surface area contributed by atoms with Crippen molar-refractivity contribution in [1.82, 2.24) is 0 Å². The van der Waals surface area contributed by atoms with Gasteiger partial charge in [-0.1, -0.05) is 0 Å². The van der Waals surface area contributed by atoms with Gasteiger partial charge in [-0.25, -0.2) is 4.39 Å². The van der Waals surface area contributed by atoms with Crippen LogP contribution in [-0.2, 0) is 0 Å². The molecule has 0 radical (unpaired) electrons. The van der Waals surface area contributed by atoms with E-state index in [1.807, 2.05) is 0 Å². The second-order valence-electron chi connectivity index (χ2n) is 1.89. The van der Waals surface area contributed by atoms with E-state index in [9.17, 15) is 4.39 Å². The summed E-state index contributed by atoms with van der Waals surface area (Å²) in [5.74, 6) is 4.85. The maximum Gasteiger partial charge on any atom is 0.125 e. The lowest BCUT2D eigenvalue weighted by atomic mass is 10.3. The summed E-state index contributed by atoms with van der Waals surface area (Å²) in [6.07, 6.45) is 0. The average molecular weight is 284 g/mol. The molecule has 1 aromatic carbocycles. The van der Waals surface area contributed by atoms with Crippen LogP contribution in [0.1, 0.15) is 0 Å². The Bertz CT molecular complexity index is 254. The standard InChI is InChI=1S/C6H5Br2FN2/c7-4-1-3(9)2-5(8)6(4)11-10/h1-2,11H,10H2. The van der Waals surface area contributed by atoms with Gasteiger partial charge in [-0.3, -0.25) is 5.84 Å². The zero-order chi connectivity index (χ0) is 8.43. The van der Waals surface area contributed by atoms with E-state index in [1.54, 1.807) is 0 Å². The lowest BCUT2D eigenvalue weighted by molar-refractivity contribution is 0.626. The first-order chi connectivity index (χ1) is 5.15. The van der Waals surface area contributed by atoms with Crippen LogP contribution in [0.25, 0.3) is 0 Å². The van der Waals surface area contributed by atoms with Crippen LogP contribution in [0.3, 0.4) is 0 Å². The molecule has 0 aromatic heterocycles. The van der Waals surface area contributed by atoms with Gasteiger partial charge in [0.2, 0.25) is 0 Å². The Kier molecular flexibility index (Phi) is 2.86. The van der Waals surface area contributed by atoms with Crippen molar-refractivity contribution in [2.75, 3.05) is 5.43 Å². The van der Waals surface area contributed by atoms with Gasteiger partial charge in [-0.05, 0) is 44.0 Å². The van der Waals surface area contributed by atoms with Gasteiger partial charge in [-0.15, -0.1) is 0 Å². The Morgan fingerprint density at radius 3 is 2.09 bits per heavy atom. The fraction of sp³-hybridized carbons (Fsp3) is 0. The molecule has 11 heavy (non-hydrogen) atoms. The van der Waals surface area contributed by atoms with Crippen LogP contribution in [0.4, 0.5) is 10.1 Å². The third-order valence-electron chi connectivity index (χ3n) is 1.15. The zero-order valence-electron chi connectivity index (χ0n) is 5.37. The zero-order valence-corrected chi connectivity index (χ0v) is 8.54. The molecule has 3 N–H and O–H groups in total. The lowest BCUT2D eigenvalue weighted by Crippen LogP contribution is -2.08. The van der Waals surface area contributed by atoms with Crippen LogP contribution >= 0.6 is 31.9 Å². The maximum absolute atomic E-state index is 12.6. The highest BCUT2D eigenvalue weighted by Gasteiger charge is 2.04. The fourth-order valence-corrected chi connectivity index (χ4v) is 2.04. The molecule has 0 amide bonds. The lowest BCUT2D eigenvalue weighted by Gasteiger charge is -2.05. The summed E-state index contributed by atoms with van der Waals surface area (Å²) in [4.78, 5) is 0. The largest absolute Gasteiger partial charge is 0.322 e. The predicted octanol–water partition coefficient (Wildman–Crippen LogP) is 2.64. The van der Waals surface area contributed by atoms with Crippen molar-refractivity contribution in [2.45, 2.75) is 0 Å². The summed E-state index contributed by atoms with van der Waals surface area (Å²) in [5.41, 5.74) is 3.06. The third kappa shape index (κ3) is 1.91. The number of hydrogen-bond acceptors (Lipinski definition) is 2. The smallest absolute Gasteiger partial charge is 0.125 e. The van der Waals surface area contributed by atoms with Crippen LogP contribution in [-0.4, -0.2) is 0 Å². The number of benzene rings is 1. The van der Waals surface area contributed by atoms with E-state index < -0.39 is 0 Å². The molecule has 0 atom stereocenters. The van der Waals surface area contributed by atoms with Crippen LogP contribution in [0.5, 0.6) is 0 Å². The number of nitrogens with one attached hydrogen (secondary N) is 1. The van der Waals surface area contributed by atoms with Crippen molar-refractivity contribution in [3.8, 4) is 0 Å². The minimum atomic E-state index is -0.317. The summed E-state index contributed by atoms with van der Waals surface area (Å²) in [5, 5.41) is 0. The number of anilines is 1. The van der Waals surface area contributed by atoms with Gasteiger partial charge < -0.3 is 5.43 Å². The first kappa shape index (κ1) is 8.96. The van der Waals surface area contributed by atoms with Crippen molar-refractivity contribution < 1.29 is 4.39 Å². The van der Waals surface area contributed by atoms with Crippen molar-refractivity contribution >= 4 is 37.5 Å². The second kappa shape index (κ2) is 3.51. The highest BCUT2D eigenvalue weighted by molar-refractivity contribution is 9.11. The average Bonchev–Trinajstić information content (AvgIpc) is 1.85. The van der Waals surface area contributed by atoms with Crippen LogP contribution < -0.4 is 11.3 Å². The Labute approximate surface area is 80.2 Å². The molecular weight excluding hydrogens is 279 g/mol. The molecule has 1 rings (SSSR count). The molecule has 0 aliphatic heterocycles. The van der Waals surface area contributed by atoms with Gasteiger partial charge in [0.25, 0.3) is 0 Å². The van der Waals surface area contributed by atoms with Crippen molar-refractivity contribution in [3.05, 3.63) is 26.9 Å². The quantitative estimate of drug-likeness (QED) is 0.614. The minimum Gasteiger partial charge on any atom is -0.322 e. The number of rotatable bonds is 1. The van der Waals surface area contributed by atoms with Crippen molar-refractivity contribution in [3.63, 3.8) is 0 Å². The highest BCUT2D eigenvalue weighted by Crippen LogP contribution is 2.30. The van der Waals surface area contributed by atoms with E-state index in [1.165, 1.54) is 12.1 Å². The molecule has 0 spiro atoms. The number of hydrogen-bond donors (Lipinski definition) is 2. The molecule has 0 saturated heterocycles. The molecule has 2 nitrogen and oxygen atoms in total. The first-order valence-corrected chi connectivity index (χ1v) is 4.35. The monoisotopic (exact) mass is 282 g/mol. The summed E-state index contributed by atoms with van der Waals surface area (Å²) in [7, 11) is 0. The summed E-state index contributed by atoms with van der Waals surface area (Å²) in [6, 6.07) is 2.67. The number of nitrogen functional groups attached to an aromatic ring is 1. The van der Waals surface area contributed by atoms with Gasteiger partial charge in [0, 0.05) is 8.95 Å². The Morgan fingerprint density at radius 1 is 1.27 bits per heavy atom. The SMILES string of the molecule is NNc1c(Br)cc(F)cc1Br. The molecule has 1 aromatic rings. The Balaban J connectivity index is 3.25. The van der Waals surface area contributed by atoms with E-state index in [0.29, 0.717) is 14.6 Å². The van der Waals surface area contributed by atoms with Crippen molar-refractivity contribution in [2.24, 2.45) is 5.84 Å². The molecular formula is C6H5Br2FN2. The number of halogens is 3. The normalized spacial score (nSPS) is 9.82. The topological polar surface area (TPSA) is 38.0 Å². The summed E-state index contributed by atoms with van der Waals surface area (Å²) >= 11 is 6.29. The fourth-order valence-electron chi connectivity index (χ4n) is 0.680. The van der Waals surface area contributed by atoms with Gasteiger partial charge in [-0.2, -0.15) is 0 Å². The number of hydrazine groups is 1. The molecule has 5 heteroatoms. The summed E-state index contributed by atoms with van der Waals surface area (Å²) < 4.78 is 13.8. The molecule has 0 aliphatic rings. The molecule has 60 valence electrons. The van der Waals surface area contributed by atoms with Gasteiger partial charge in [0.15, 0.2) is 0 Å². The van der Waals surface area contributed by atoms with E-state index in [-0.39, 0.29) is 5.82 Å². The maximum atomic E-state index is 12.6. The molecule has 0 bridgehead atoms. The van der Waals surface area contributed by atoms with E-state index in [4.69, 9.17) is 5.84 Å². The van der Waals surface area contributed by atoms with Gasteiger partial charge >= 0.3 is 0 Å². The molecule has 0 saturated carbocycles. The van der Waals surface area contributed by atoms with Crippen LogP contribution in [0.2, 0.25) is 0 Å². The van der Waals surface area contributed by atoms with Crippen LogP contribution in [0.15, 0.2) is 21.1 Å². The minimum absolute atomic E-state index is 0.317. The number of nitrogens with two attached hydrogens (primary N) is 1. The molecule has 0 unspecified atom stereocenters. The van der Waals surface area contributed by atoms with E-state index in [0.717, 1.165) is 0 Å². The summed E-state index contributed by atoms with van der Waals surface area (Å²) in [6.45, 7) is 0. The van der Waals surface area contributed by atoms with E-state index in [2.05, 4.69) is 37.3 Å². The van der Waals surface area contributed by atoms with Crippen molar-refractivity contribution in [1.29, 1.82) is 0 Å². The molecule has 0 heterocycles. The van der Waals surface area contributed by atoms with Gasteiger partial charge in [0.1, 0.15) is 5.82 Å². The Hall–Kier alpha value is -0.130. The third-order valence-corrected chi connectivity index (χ3v) is 2.40. The van der Waals surface area contributed by atoms with E-state index >= 15 is 0 Å². The van der Waals surface area contributed by atoms with Crippen LogP contribution in [0, 0.1) is 5.82 Å². The molecule has 0 aliphatic carbocycles.